The molecule has 0 aliphatic carbocycles. The maximum Gasteiger partial charge on any atom is 0.261 e. The molecule has 0 saturated carbocycles. The summed E-state index contributed by atoms with van der Waals surface area (Å²) in [4.78, 5) is 39.8. The Labute approximate surface area is 141 Å². The number of imide groups is 1. The first kappa shape index (κ1) is 17.4. The van der Waals surface area contributed by atoms with Gasteiger partial charge in [0.05, 0.1) is 11.1 Å². The van der Waals surface area contributed by atoms with Gasteiger partial charge >= 0.3 is 0 Å². The number of fused-ring (bicyclic) bond motifs is 1. The quantitative estimate of drug-likeness (QED) is 0.833. The molecule has 0 spiro atoms. The Hall–Kier alpha value is -1.92. The summed E-state index contributed by atoms with van der Waals surface area (Å²) in [6.07, 6.45) is 0.176. The summed E-state index contributed by atoms with van der Waals surface area (Å²) in [5.74, 6) is -0.617. The second-order valence-electron chi connectivity index (χ2n) is 5.70. The molecular weight excluding hydrogens is 318 g/mol. The standard InChI is InChI=1S/C16H19N3O3.ClH/c1-11-10-17-7-9-18(11)14(20)6-8-19-15(21)12-4-2-3-5-13(12)16(19)22;/h2-5,11,17H,6-10H2,1H3;1H/t11-;/m1./s1. The SMILES string of the molecule is C[C@@H]1CNCCN1C(=O)CCN1C(=O)c2ccccc2C1=O.Cl. The molecule has 7 heteroatoms. The first-order valence-electron chi connectivity index (χ1n) is 7.55. The topological polar surface area (TPSA) is 69.7 Å². The zero-order valence-electron chi connectivity index (χ0n) is 12.9. The van der Waals surface area contributed by atoms with Crippen LogP contribution in [0, 0.1) is 0 Å². The van der Waals surface area contributed by atoms with Crippen molar-refractivity contribution in [1.29, 1.82) is 0 Å². The molecule has 1 atom stereocenters. The van der Waals surface area contributed by atoms with E-state index < -0.39 is 0 Å². The van der Waals surface area contributed by atoms with Gasteiger partial charge in [0.15, 0.2) is 0 Å². The normalized spacial score (nSPS) is 20.3. The van der Waals surface area contributed by atoms with Crippen molar-refractivity contribution in [2.75, 3.05) is 26.2 Å². The van der Waals surface area contributed by atoms with Crippen LogP contribution >= 0.6 is 12.4 Å². The van der Waals surface area contributed by atoms with E-state index in [-0.39, 0.29) is 49.1 Å². The van der Waals surface area contributed by atoms with Gasteiger partial charge in [-0.25, -0.2) is 0 Å². The average molecular weight is 338 g/mol. The lowest BCUT2D eigenvalue weighted by Crippen LogP contribution is -2.52. The fourth-order valence-electron chi connectivity index (χ4n) is 3.00. The summed E-state index contributed by atoms with van der Waals surface area (Å²) in [5, 5.41) is 3.23. The van der Waals surface area contributed by atoms with Crippen LogP contribution in [0.5, 0.6) is 0 Å². The van der Waals surface area contributed by atoms with Crippen LogP contribution in [-0.4, -0.2) is 59.7 Å². The van der Waals surface area contributed by atoms with E-state index in [1.54, 1.807) is 24.3 Å². The molecule has 0 bridgehead atoms. The molecule has 6 nitrogen and oxygen atoms in total. The highest BCUT2D eigenvalue weighted by atomic mass is 35.5. The first-order chi connectivity index (χ1) is 10.6. The molecule has 1 aromatic rings. The minimum atomic E-state index is -0.304. The van der Waals surface area contributed by atoms with E-state index in [1.165, 1.54) is 4.90 Å². The molecule has 1 saturated heterocycles. The monoisotopic (exact) mass is 337 g/mol. The van der Waals surface area contributed by atoms with Crippen LogP contribution in [0.25, 0.3) is 0 Å². The molecule has 3 amide bonds. The number of carbonyl (C=O) groups is 3. The van der Waals surface area contributed by atoms with Gasteiger partial charge in [-0.2, -0.15) is 0 Å². The Morgan fingerprint density at radius 1 is 1.22 bits per heavy atom. The van der Waals surface area contributed by atoms with E-state index in [9.17, 15) is 14.4 Å². The molecule has 2 aliphatic heterocycles. The van der Waals surface area contributed by atoms with Crippen molar-refractivity contribution in [3.8, 4) is 0 Å². The van der Waals surface area contributed by atoms with Gasteiger partial charge in [-0.15, -0.1) is 12.4 Å². The smallest absolute Gasteiger partial charge is 0.261 e. The van der Waals surface area contributed by atoms with Crippen LogP contribution in [0.1, 0.15) is 34.1 Å². The molecule has 1 fully saturated rings. The van der Waals surface area contributed by atoms with E-state index in [4.69, 9.17) is 0 Å². The molecule has 0 unspecified atom stereocenters. The molecule has 1 aromatic carbocycles. The highest BCUT2D eigenvalue weighted by molar-refractivity contribution is 6.21. The zero-order valence-corrected chi connectivity index (χ0v) is 13.8. The van der Waals surface area contributed by atoms with Gasteiger partial charge in [-0.05, 0) is 19.1 Å². The van der Waals surface area contributed by atoms with Crippen molar-refractivity contribution >= 4 is 30.1 Å². The van der Waals surface area contributed by atoms with Crippen molar-refractivity contribution in [2.45, 2.75) is 19.4 Å². The lowest BCUT2D eigenvalue weighted by Gasteiger charge is -2.34. The number of nitrogens with one attached hydrogen (secondary N) is 1. The summed E-state index contributed by atoms with van der Waals surface area (Å²) >= 11 is 0. The number of hydrogen-bond donors (Lipinski definition) is 1. The fraction of sp³-hybridized carbons (Fsp3) is 0.438. The molecule has 2 aliphatic rings. The van der Waals surface area contributed by atoms with Crippen molar-refractivity contribution in [3.63, 3.8) is 0 Å². The minimum absolute atomic E-state index is 0. The largest absolute Gasteiger partial charge is 0.337 e. The van der Waals surface area contributed by atoms with Crippen molar-refractivity contribution < 1.29 is 14.4 Å². The number of benzene rings is 1. The summed E-state index contributed by atoms with van der Waals surface area (Å²) in [6.45, 7) is 4.36. The average Bonchev–Trinajstić information content (AvgIpc) is 2.77. The van der Waals surface area contributed by atoms with Gasteiger partial charge in [0.2, 0.25) is 5.91 Å². The van der Waals surface area contributed by atoms with E-state index in [0.717, 1.165) is 13.1 Å². The van der Waals surface area contributed by atoms with E-state index >= 15 is 0 Å². The molecule has 1 N–H and O–H groups in total. The van der Waals surface area contributed by atoms with Crippen LogP contribution in [-0.2, 0) is 4.79 Å². The van der Waals surface area contributed by atoms with Gasteiger partial charge in [0.25, 0.3) is 11.8 Å². The van der Waals surface area contributed by atoms with Crippen LogP contribution in [0.4, 0.5) is 0 Å². The van der Waals surface area contributed by atoms with Crippen LogP contribution in [0.15, 0.2) is 24.3 Å². The number of piperazine rings is 1. The Balaban J connectivity index is 0.00000192. The van der Waals surface area contributed by atoms with Crippen LogP contribution in [0.2, 0.25) is 0 Å². The highest BCUT2D eigenvalue weighted by Crippen LogP contribution is 2.22. The minimum Gasteiger partial charge on any atom is -0.337 e. The third-order valence-electron chi connectivity index (χ3n) is 4.25. The maximum absolute atomic E-state index is 12.3. The number of rotatable bonds is 3. The summed E-state index contributed by atoms with van der Waals surface area (Å²) < 4.78 is 0. The number of hydrogen-bond acceptors (Lipinski definition) is 4. The second-order valence-corrected chi connectivity index (χ2v) is 5.70. The predicted octanol–water partition coefficient (Wildman–Crippen LogP) is 0.915. The highest BCUT2D eigenvalue weighted by Gasteiger charge is 2.35. The maximum atomic E-state index is 12.3. The molecule has 0 radical (unpaired) electrons. The van der Waals surface area contributed by atoms with Gasteiger partial charge in [-0.3, -0.25) is 19.3 Å². The lowest BCUT2D eigenvalue weighted by molar-refractivity contribution is -0.134. The van der Waals surface area contributed by atoms with Gasteiger partial charge in [0.1, 0.15) is 0 Å². The molecule has 3 rings (SSSR count). The molecule has 23 heavy (non-hydrogen) atoms. The number of nitrogens with zero attached hydrogens (tertiary/aromatic N) is 2. The molecular formula is C16H20ClN3O3. The zero-order chi connectivity index (χ0) is 15.7. The van der Waals surface area contributed by atoms with Crippen molar-refractivity contribution in [2.24, 2.45) is 0 Å². The van der Waals surface area contributed by atoms with E-state index in [1.807, 2.05) is 11.8 Å². The van der Waals surface area contributed by atoms with Gasteiger partial charge < -0.3 is 10.2 Å². The number of carbonyl (C=O) groups excluding carboxylic acids is 3. The first-order valence-corrected chi connectivity index (χ1v) is 7.55. The Kier molecular flexibility index (Phi) is 5.38. The molecule has 124 valence electrons. The van der Waals surface area contributed by atoms with Crippen LogP contribution in [0.3, 0.4) is 0 Å². The Bertz CT molecular complexity index is 600. The lowest BCUT2D eigenvalue weighted by atomic mass is 10.1. The van der Waals surface area contributed by atoms with Gasteiger partial charge in [0, 0.05) is 38.6 Å². The summed E-state index contributed by atoms with van der Waals surface area (Å²) in [5.41, 5.74) is 0.853. The summed E-state index contributed by atoms with van der Waals surface area (Å²) in [6, 6.07) is 6.91. The fourth-order valence-corrected chi connectivity index (χ4v) is 3.00. The van der Waals surface area contributed by atoms with Gasteiger partial charge in [-0.1, -0.05) is 12.1 Å². The Morgan fingerprint density at radius 2 is 1.83 bits per heavy atom. The molecule has 2 heterocycles. The number of halogens is 1. The van der Waals surface area contributed by atoms with Crippen LogP contribution < -0.4 is 5.32 Å². The predicted molar refractivity (Wildman–Crippen MR) is 87.7 cm³/mol. The second kappa shape index (κ2) is 7.10. The Morgan fingerprint density at radius 3 is 2.39 bits per heavy atom. The summed E-state index contributed by atoms with van der Waals surface area (Å²) in [7, 11) is 0. The third kappa shape index (κ3) is 3.23. The van der Waals surface area contributed by atoms with Crippen molar-refractivity contribution in [1.82, 2.24) is 15.1 Å². The van der Waals surface area contributed by atoms with E-state index in [2.05, 4.69) is 5.32 Å². The molecule has 0 aromatic heterocycles. The van der Waals surface area contributed by atoms with E-state index in [0.29, 0.717) is 17.7 Å². The van der Waals surface area contributed by atoms with Crippen molar-refractivity contribution in [3.05, 3.63) is 35.4 Å². The third-order valence-corrected chi connectivity index (χ3v) is 4.25. The number of amides is 3.